The van der Waals surface area contributed by atoms with Crippen LogP contribution in [0.25, 0.3) is 0 Å². The van der Waals surface area contributed by atoms with Gasteiger partial charge in [-0.15, -0.1) is 0 Å². The third kappa shape index (κ3) is 4.61. The molecular formula is C36H50O3. The summed E-state index contributed by atoms with van der Waals surface area (Å²) in [4.78, 5) is 0. The largest absolute Gasteiger partial charge is 0.393 e. The lowest BCUT2D eigenvalue weighted by Gasteiger charge is -2.63. The van der Waals surface area contributed by atoms with Gasteiger partial charge in [0.05, 0.1) is 18.3 Å². The Labute approximate surface area is 236 Å². The van der Waals surface area contributed by atoms with Crippen LogP contribution in [0, 0.1) is 46.3 Å². The Morgan fingerprint density at radius 1 is 0.769 bits per heavy atom. The first kappa shape index (κ1) is 27.5. The molecule has 3 nitrogen and oxygen atoms in total. The average Bonchev–Trinajstić information content (AvgIpc) is 3.30. The summed E-state index contributed by atoms with van der Waals surface area (Å²) in [5.41, 5.74) is 2.78. The molecule has 2 aromatic carbocycles. The highest BCUT2D eigenvalue weighted by atomic mass is 16.3. The lowest BCUT2D eigenvalue weighted by molar-refractivity contribution is -0.207. The monoisotopic (exact) mass is 530 g/mol. The van der Waals surface area contributed by atoms with Crippen molar-refractivity contribution in [2.75, 3.05) is 0 Å². The first-order valence-corrected chi connectivity index (χ1v) is 15.9. The SMILES string of the molecule is C[C@H](CCC(c1ccccc1)c1ccccc1)[C@@H]1CC[C@@H]2[C@H]3[C@H](O)C[C@H]4C[C@@H](O)CC[C@]4(C)[C@@H]3C[C@@H](O)[C@@]21C. The van der Waals surface area contributed by atoms with Gasteiger partial charge in [0.15, 0.2) is 0 Å². The number of fused-ring (bicyclic) bond motifs is 5. The molecule has 0 amide bonds. The van der Waals surface area contributed by atoms with Crippen LogP contribution in [0.2, 0.25) is 0 Å². The molecule has 4 aliphatic carbocycles. The zero-order chi connectivity index (χ0) is 27.4. The van der Waals surface area contributed by atoms with E-state index >= 15 is 0 Å². The van der Waals surface area contributed by atoms with Crippen molar-refractivity contribution in [3.63, 3.8) is 0 Å². The third-order valence-corrected chi connectivity index (χ3v) is 12.8. The molecule has 4 saturated carbocycles. The summed E-state index contributed by atoms with van der Waals surface area (Å²) in [7, 11) is 0. The summed E-state index contributed by atoms with van der Waals surface area (Å²) in [5.74, 6) is 2.80. The quantitative estimate of drug-likeness (QED) is 0.370. The van der Waals surface area contributed by atoms with Crippen molar-refractivity contribution in [2.24, 2.45) is 46.3 Å². The molecule has 4 fully saturated rings. The fourth-order valence-electron chi connectivity index (χ4n) is 10.7. The Hall–Kier alpha value is -1.68. The summed E-state index contributed by atoms with van der Waals surface area (Å²) < 4.78 is 0. The second kappa shape index (κ2) is 10.6. The predicted molar refractivity (Wildman–Crippen MR) is 157 cm³/mol. The summed E-state index contributed by atoms with van der Waals surface area (Å²) in [6.07, 6.45) is 8.07. The molecule has 4 aliphatic rings. The highest BCUT2D eigenvalue weighted by Gasteiger charge is 2.65. The van der Waals surface area contributed by atoms with Gasteiger partial charge in [0.2, 0.25) is 0 Å². The van der Waals surface area contributed by atoms with Crippen molar-refractivity contribution in [2.45, 2.75) is 103 Å². The Morgan fingerprint density at radius 3 is 2.05 bits per heavy atom. The minimum atomic E-state index is -0.313. The molecule has 212 valence electrons. The van der Waals surface area contributed by atoms with Crippen LogP contribution in [-0.2, 0) is 0 Å². The second-order valence-electron chi connectivity index (χ2n) is 14.5. The highest BCUT2D eigenvalue weighted by molar-refractivity contribution is 5.32. The van der Waals surface area contributed by atoms with Crippen molar-refractivity contribution in [1.82, 2.24) is 0 Å². The second-order valence-corrected chi connectivity index (χ2v) is 14.5. The van der Waals surface area contributed by atoms with Gasteiger partial charge >= 0.3 is 0 Å². The maximum absolute atomic E-state index is 11.9. The fraction of sp³-hybridized carbons (Fsp3) is 0.667. The molecule has 39 heavy (non-hydrogen) atoms. The molecule has 2 aromatic rings. The zero-order valence-electron chi connectivity index (χ0n) is 24.3. The van der Waals surface area contributed by atoms with Crippen LogP contribution < -0.4 is 0 Å². The topological polar surface area (TPSA) is 60.7 Å². The van der Waals surface area contributed by atoms with Crippen molar-refractivity contribution in [3.8, 4) is 0 Å². The molecule has 0 aromatic heterocycles. The van der Waals surface area contributed by atoms with E-state index in [0.717, 1.165) is 57.8 Å². The van der Waals surface area contributed by atoms with E-state index in [2.05, 4.69) is 81.4 Å². The van der Waals surface area contributed by atoms with Crippen LogP contribution >= 0.6 is 0 Å². The number of hydrogen-bond donors (Lipinski definition) is 3. The lowest BCUT2D eigenvalue weighted by Crippen LogP contribution is -2.62. The van der Waals surface area contributed by atoms with Crippen LogP contribution in [0.15, 0.2) is 60.7 Å². The zero-order valence-corrected chi connectivity index (χ0v) is 24.3. The minimum Gasteiger partial charge on any atom is -0.393 e. The van der Waals surface area contributed by atoms with E-state index in [1.807, 2.05) is 0 Å². The molecule has 0 bridgehead atoms. The van der Waals surface area contributed by atoms with Crippen molar-refractivity contribution in [3.05, 3.63) is 71.8 Å². The van der Waals surface area contributed by atoms with Crippen LogP contribution in [0.3, 0.4) is 0 Å². The standard InChI is InChI=1S/C36H50O3/c1-23(14-15-28(24-10-6-4-7-11-24)25-12-8-5-9-13-25)29-16-17-30-34-31(22-33(39)36(29,30)3)35(2)19-18-27(37)20-26(35)21-32(34)38/h4-13,23,26-34,37-39H,14-22H2,1-3H3/t23-,26-,27+,29+,30-,31-,32-,33-,34-,35+,36-/m1/s1. The number of hydrogen-bond acceptors (Lipinski definition) is 3. The Kier molecular flexibility index (Phi) is 7.48. The van der Waals surface area contributed by atoms with Gasteiger partial charge in [-0.3, -0.25) is 0 Å². The van der Waals surface area contributed by atoms with Crippen molar-refractivity contribution < 1.29 is 15.3 Å². The van der Waals surface area contributed by atoms with Crippen LogP contribution in [0.1, 0.15) is 95.6 Å². The van der Waals surface area contributed by atoms with Gasteiger partial charge in [-0.2, -0.15) is 0 Å². The summed E-state index contributed by atoms with van der Waals surface area (Å²) in [6, 6.07) is 21.9. The molecule has 0 heterocycles. The first-order valence-electron chi connectivity index (χ1n) is 15.9. The molecule has 0 aliphatic heterocycles. The van der Waals surface area contributed by atoms with Crippen LogP contribution in [0.4, 0.5) is 0 Å². The smallest absolute Gasteiger partial charge is 0.0602 e. The Balaban J connectivity index is 1.21. The average molecular weight is 531 g/mol. The highest BCUT2D eigenvalue weighted by Crippen LogP contribution is 2.68. The minimum absolute atomic E-state index is 0.131. The summed E-state index contributed by atoms with van der Waals surface area (Å²) >= 11 is 0. The summed E-state index contributed by atoms with van der Waals surface area (Å²) in [6.45, 7) is 7.23. The van der Waals surface area contributed by atoms with E-state index in [9.17, 15) is 15.3 Å². The van der Waals surface area contributed by atoms with E-state index in [1.165, 1.54) is 11.1 Å². The lowest BCUT2D eigenvalue weighted by atomic mass is 9.43. The predicted octanol–water partition coefficient (Wildman–Crippen LogP) is 7.20. The van der Waals surface area contributed by atoms with E-state index in [-0.39, 0.29) is 35.1 Å². The van der Waals surface area contributed by atoms with E-state index in [4.69, 9.17) is 0 Å². The molecular weight excluding hydrogens is 480 g/mol. The maximum Gasteiger partial charge on any atom is 0.0602 e. The van der Waals surface area contributed by atoms with Gasteiger partial charge in [0.1, 0.15) is 0 Å². The van der Waals surface area contributed by atoms with Gasteiger partial charge in [-0.25, -0.2) is 0 Å². The van der Waals surface area contributed by atoms with Gasteiger partial charge < -0.3 is 15.3 Å². The van der Waals surface area contributed by atoms with Gasteiger partial charge in [0, 0.05) is 5.92 Å². The fourth-order valence-corrected chi connectivity index (χ4v) is 10.7. The summed E-state index contributed by atoms with van der Waals surface area (Å²) in [5, 5.41) is 33.9. The maximum atomic E-state index is 11.9. The number of aliphatic hydroxyl groups excluding tert-OH is 3. The Morgan fingerprint density at radius 2 is 1.41 bits per heavy atom. The normalized spacial score (nSPS) is 42.4. The molecule has 0 spiro atoms. The molecule has 3 N–H and O–H groups in total. The molecule has 0 saturated heterocycles. The Bertz CT molecular complexity index is 1060. The molecule has 6 rings (SSSR count). The number of aliphatic hydroxyl groups is 3. The van der Waals surface area contributed by atoms with Crippen LogP contribution in [-0.4, -0.2) is 33.6 Å². The molecule has 11 atom stereocenters. The van der Waals surface area contributed by atoms with Crippen molar-refractivity contribution in [1.29, 1.82) is 0 Å². The van der Waals surface area contributed by atoms with E-state index < -0.39 is 0 Å². The first-order chi connectivity index (χ1) is 18.7. The molecule has 0 radical (unpaired) electrons. The molecule has 3 heteroatoms. The van der Waals surface area contributed by atoms with E-state index in [0.29, 0.717) is 35.5 Å². The van der Waals surface area contributed by atoms with Gasteiger partial charge in [0.25, 0.3) is 0 Å². The van der Waals surface area contributed by atoms with Gasteiger partial charge in [-0.05, 0) is 115 Å². The number of rotatable bonds is 6. The van der Waals surface area contributed by atoms with Crippen molar-refractivity contribution >= 4 is 0 Å². The number of benzene rings is 2. The third-order valence-electron chi connectivity index (χ3n) is 12.8. The van der Waals surface area contributed by atoms with E-state index in [1.54, 1.807) is 0 Å². The van der Waals surface area contributed by atoms with Gasteiger partial charge in [-0.1, -0.05) is 81.4 Å². The molecule has 0 unspecified atom stereocenters. The van der Waals surface area contributed by atoms with Crippen LogP contribution in [0.5, 0.6) is 0 Å².